The van der Waals surface area contributed by atoms with E-state index in [1.807, 2.05) is 37.2 Å². The zero-order valence-corrected chi connectivity index (χ0v) is 16.2. The molecule has 0 aliphatic carbocycles. The smallest absolute Gasteiger partial charge is 0.268 e. The Morgan fingerprint density at radius 1 is 1.12 bits per heavy atom. The zero-order chi connectivity index (χ0) is 18.5. The summed E-state index contributed by atoms with van der Waals surface area (Å²) in [5.74, 6) is 0. The number of piperazine rings is 1. The Kier molecular flexibility index (Phi) is 6.16. The van der Waals surface area contributed by atoms with Crippen molar-refractivity contribution in [3.05, 3.63) is 51.9 Å². The van der Waals surface area contributed by atoms with Crippen molar-refractivity contribution in [3.63, 3.8) is 0 Å². The average molecular weight is 376 g/mol. The number of hydrogen-bond acceptors (Lipinski definition) is 5. The van der Waals surface area contributed by atoms with Crippen LogP contribution < -0.4 is 15.4 Å². The summed E-state index contributed by atoms with van der Waals surface area (Å²) < 4.78 is 1.55. The third-order valence-corrected chi connectivity index (χ3v) is 5.00. The number of halogens is 1. The second-order valence-electron chi connectivity index (χ2n) is 6.83. The summed E-state index contributed by atoms with van der Waals surface area (Å²) in [7, 11) is 3.81. The van der Waals surface area contributed by atoms with E-state index in [1.165, 1.54) is 5.69 Å². The molecule has 1 saturated heterocycles. The Balaban J connectivity index is 1.45. The SMILES string of the molecule is CN(C)c1cnn(CCCN2CCN(c3cccc(Cl)c3)CC2)c(=O)c1. The molecule has 1 aliphatic heterocycles. The van der Waals surface area contributed by atoms with Gasteiger partial charge in [-0.25, -0.2) is 4.68 Å². The first-order chi connectivity index (χ1) is 12.5. The van der Waals surface area contributed by atoms with Crippen LogP contribution in [0.1, 0.15) is 6.42 Å². The van der Waals surface area contributed by atoms with Crippen LogP contribution in [-0.4, -0.2) is 61.5 Å². The quantitative estimate of drug-likeness (QED) is 0.774. The van der Waals surface area contributed by atoms with E-state index in [-0.39, 0.29) is 5.56 Å². The van der Waals surface area contributed by atoms with Crippen LogP contribution in [0.2, 0.25) is 5.02 Å². The van der Waals surface area contributed by atoms with E-state index in [4.69, 9.17) is 11.6 Å². The third kappa shape index (κ3) is 4.77. The fourth-order valence-corrected chi connectivity index (χ4v) is 3.37. The van der Waals surface area contributed by atoms with Gasteiger partial charge in [0.25, 0.3) is 5.56 Å². The Labute approximate surface area is 159 Å². The van der Waals surface area contributed by atoms with E-state index in [9.17, 15) is 4.79 Å². The molecule has 0 N–H and O–H groups in total. The molecule has 0 atom stereocenters. The summed E-state index contributed by atoms with van der Waals surface area (Å²) >= 11 is 6.09. The van der Waals surface area contributed by atoms with Crippen molar-refractivity contribution in [1.82, 2.24) is 14.7 Å². The van der Waals surface area contributed by atoms with Crippen LogP contribution >= 0.6 is 11.6 Å². The van der Waals surface area contributed by atoms with Gasteiger partial charge in [0.05, 0.1) is 11.9 Å². The third-order valence-electron chi connectivity index (χ3n) is 4.76. The first kappa shape index (κ1) is 18.7. The molecule has 1 aliphatic rings. The Bertz CT molecular complexity index is 783. The van der Waals surface area contributed by atoms with E-state index >= 15 is 0 Å². The minimum atomic E-state index is -0.0398. The number of benzene rings is 1. The second kappa shape index (κ2) is 8.56. The minimum Gasteiger partial charge on any atom is -0.376 e. The summed E-state index contributed by atoms with van der Waals surface area (Å²) in [5, 5.41) is 5.05. The van der Waals surface area contributed by atoms with Crippen molar-refractivity contribution in [3.8, 4) is 0 Å². The predicted octanol–water partition coefficient (Wildman–Crippen LogP) is 2.17. The largest absolute Gasteiger partial charge is 0.376 e. The van der Waals surface area contributed by atoms with Crippen molar-refractivity contribution in [2.75, 3.05) is 56.6 Å². The summed E-state index contributed by atoms with van der Waals surface area (Å²) in [6, 6.07) is 9.67. The molecule has 0 saturated carbocycles. The molecule has 140 valence electrons. The first-order valence-corrected chi connectivity index (χ1v) is 9.38. The lowest BCUT2D eigenvalue weighted by atomic mass is 10.2. The highest BCUT2D eigenvalue weighted by Crippen LogP contribution is 2.20. The molecule has 1 aromatic heterocycles. The standard InChI is InChI=1S/C19H26ClN5O/c1-22(2)18-14-19(26)25(21-15-18)8-4-7-23-9-11-24(12-10-23)17-6-3-5-16(20)13-17/h3,5-6,13-15H,4,7-12H2,1-2H3. The highest BCUT2D eigenvalue weighted by molar-refractivity contribution is 6.30. The number of nitrogens with zero attached hydrogens (tertiary/aromatic N) is 5. The van der Waals surface area contributed by atoms with Crippen LogP contribution in [0.3, 0.4) is 0 Å². The van der Waals surface area contributed by atoms with Gasteiger partial charge in [0.1, 0.15) is 0 Å². The molecule has 0 unspecified atom stereocenters. The number of hydrogen-bond donors (Lipinski definition) is 0. The van der Waals surface area contributed by atoms with Gasteiger partial charge in [-0.05, 0) is 24.6 Å². The Morgan fingerprint density at radius 2 is 1.88 bits per heavy atom. The van der Waals surface area contributed by atoms with Gasteiger partial charge < -0.3 is 9.80 Å². The van der Waals surface area contributed by atoms with E-state index in [0.717, 1.165) is 49.9 Å². The molecular formula is C19H26ClN5O. The van der Waals surface area contributed by atoms with E-state index < -0.39 is 0 Å². The molecule has 1 fully saturated rings. The van der Waals surface area contributed by atoms with Crippen LogP contribution in [0.5, 0.6) is 0 Å². The van der Waals surface area contributed by atoms with Gasteiger partial charge in [-0.3, -0.25) is 9.69 Å². The van der Waals surface area contributed by atoms with Crippen LogP contribution in [0, 0.1) is 0 Å². The van der Waals surface area contributed by atoms with Crippen molar-refractivity contribution < 1.29 is 0 Å². The van der Waals surface area contributed by atoms with Crippen molar-refractivity contribution in [1.29, 1.82) is 0 Å². The maximum Gasteiger partial charge on any atom is 0.268 e. The van der Waals surface area contributed by atoms with Crippen LogP contribution in [0.15, 0.2) is 41.3 Å². The molecule has 6 nitrogen and oxygen atoms in total. The number of aryl methyl sites for hydroxylation is 1. The summed E-state index contributed by atoms with van der Waals surface area (Å²) in [5.41, 5.74) is 1.99. The van der Waals surface area contributed by atoms with Crippen molar-refractivity contribution in [2.45, 2.75) is 13.0 Å². The Hall–Kier alpha value is -2.05. The molecule has 3 rings (SSSR count). The lowest BCUT2D eigenvalue weighted by Gasteiger charge is -2.36. The monoisotopic (exact) mass is 375 g/mol. The van der Waals surface area contributed by atoms with Crippen LogP contribution in [0.25, 0.3) is 0 Å². The summed E-state index contributed by atoms with van der Waals surface area (Å²) in [4.78, 5) is 18.8. The number of anilines is 2. The van der Waals surface area contributed by atoms with Gasteiger partial charge in [0, 0.05) is 70.1 Å². The van der Waals surface area contributed by atoms with Gasteiger partial charge in [-0.2, -0.15) is 5.10 Å². The molecule has 1 aromatic carbocycles. The molecule has 0 amide bonds. The van der Waals surface area contributed by atoms with Gasteiger partial charge in [0.15, 0.2) is 0 Å². The Morgan fingerprint density at radius 3 is 2.54 bits per heavy atom. The molecule has 0 radical (unpaired) electrons. The maximum absolute atomic E-state index is 12.1. The fourth-order valence-electron chi connectivity index (χ4n) is 3.18. The number of aromatic nitrogens is 2. The summed E-state index contributed by atoms with van der Waals surface area (Å²) in [6.45, 7) is 5.67. The van der Waals surface area contributed by atoms with Crippen LogP contribution in [0.4, 0.5) is 11.4 Å². The van der Waals surface area contributed by atoms with E-state index in [1.54, 1.807) is 16.9 Å². The van der Waals surface area contributed by atoms with Crippen molar-refractivity contribution >= 4 is 23.0 Å². The summed E-state index contributed by atoms with van der Waals surface area (Å²) in [6.07, 6.45) is 2.66. The van der Waals surface area contributed by atoms with E-state index in [2.05, 4.69) is 21.0 Å². The predicted molar refractivity (Wildman–Crippen MR) is 108 cm³/mol. The molecule has 7 heteroatoms. The first-order valence-electron chi connectivity index (χ1n) is 9.00. The molecule has 26 heavy (non-hydrogen) atoms. The van der Waals surface area contributed by atoms with Gasteiger partial charge in [-0.1, -0.05) is 17.7 Å². The average Bonchev–Trinajstić information content (AvgIpc) is 2.63. The van der Waals surface area contributed by atoms with Crippen molar-refractivity contribution in [2.24, 2.45) is 0 Å². The highest BCUT2D eigenvalue weighted by Gasteiger charge is 2.17. The normalized spacial score (nSPS) is 15.3. The van der Waals surface area contributed by atoms with Crippen LogP contribution in [-0.2, 0) is 6.54 Å². The van der Waals surface area contributed by atoms with Gasteiger partial charge in [-0.15, -0.1) is 0 Å². The number of rotatable bonds is 6. The lowest BCUT2D eigenvalue weighted by Crippen LogP contribution is -2.46. The molecule has 2 aromatic rings. The lowest BCUT2D eigenvalue weighted by molar-refractivity contribution is 0.248. The van der Waals surface area contributed by atoms with Gasteiger partial charge >= 0.3 is 0 Å². The molecule has 0 spiro atoms. The molecule has 2 heterocycles. The zero-order valence-electron chi connectivity index (χ0n) is 15.4. The highest BCUT2D eigenvalue weighted by atomic mass is 35.5. The van der Waals surface area contributed by atoms with Gasteiger partial charge in [0.2, 0.25) is 0 Å². The topological polar surface area (TPSA) is 44.6 Å². The van der Waals surface area contributed by atoms with E-state index in [0.29, 0.717) is 6.54 Å². The maximum atomic E-state index is 12.1. The molecular weight excluding hydrogens is 350 g/mol. The fraction of sp³-hybridized carbons (Fsp3) is 0.474. The minimum absolute atomic E-state index is 0.0398. The molecule has 0 bridgehead atoms. The second-order valence-corrected chi connectivity index (χ2v) is 7.27.